The van der Waals surface area contributed by atoms with Crippen LogP contribution in [0.4, 0.5) is 11.5 Å². The molecule has 0 radical (unpaired) electrons. The summed E-state index contributed by atoms with van der Waals surface area (Å²) < 4.78 is 0. The fourth-order valence-electron chi connectivity index (χ4n) is 1.43. The second kappa shape index (κ2) is 5.92. The molecule has 98 valence electrons. The largest absolute Gasteiger partial charge is 0.395 e. The number of likely N-dealkylation sites (N-methyl/N-ethyl adjacent to an activating group) is 1. The number of nitrogens with two attached hydrogens (primary N) is 1. The number of carbonyl (C=O) groups excluding carboxylic acids is 1. The molecule has 0 aliphatic carbocycles. The van der Waals surface area contributed by atoms with Gasteiger partial charge in [0, 0.05) is 19.2 Å². The lowest BCUT2D eigenvalue weighted by Gasteiger charge is -2.19. The summed E-state index contributed by atoms with van der Waals surface area (Å²) in [5, 5.41) is 19.4. The van der Waals surface area contributed by atoms with E-state index < -0.39 is 10.8 Å². The topological polar surface area (TPSA) is 123 Å². The number of nitrogens with zero attached hydrogens (tertiary/aromatic N) is 3. The quantitative estimate of drug-likeness (QED) is 0.564. The molecule has 0 spiro atoms. The molecule has 3 N–H and O–H groups in total. The molecular formula is C10H14N4O4. The summed E-state index contributed by atoms with van der Waals surface area (Å²) in [7, 11) is 0. The van der Waals surface area contributed by atoms with Crippen molar-refractivity contribution in [2.75, 3.05) is 25.4 Å². The number of nitro groups is 1. The Bertz CT molecular complexity index is 463. The summed E-state index contributed by atoms with van der Waals surface area (Å²) in [6.07, 6.45) is 0.994. The summed E-state index contributed by atoms with van der Waals surface area (Å²) in [6.45, 7) is 2.04. The maximum absolute atomic E-state index is 12.0. The number of hydrogen-bond donors (Lipinski definition) is 2. The van der Waals surface area contributed by atoms with Crippen LogP contribution < -0.4 is 5.73 Å². The predicted molar refractivity (Wildman–Crippen MR) is 64.0 cm³/mol. The highest BCUT2D eigenvalue weighted by Crippen LogP contribution is 2.18. The van der Waals surface area contributed by atoms with Crippen molar-refractivity contribution in [2.24, 2.45) is 0 Å². The molecule has 0 aromatic carbocycles. The molecule has 0 atom stereocenters. The Kier molecular flexibility index (Phi) is 4.55. The molecule has 1 aromatic heterocycles. The first-order valence-corrected chi connectivity index (χ1v) is 5.31. The molecule has 1 rings (SSSR count). The minimum atomic E-state index is -0.647. The SMILES string of the molecule is CCN(CCO)C(=O)c1cc([N+](=O)[O-])cnc1N. The molecule has 1 heterocycles. The van der Waals surface area contributed by atoms with Crippen molar-refractivity contribution in [1.29, 1.82) is 0 Å². The monoisotopic (exact) mass is 254 g/mol. The van der Waals surface area contributed by atoms with E-state index in [0.29, 0.717) is 6.54 Å². The minimum absolute atomic E-state index is 0.0282. The highest BCUT2D eigenvalue weighted by Gasteiger charge is 2.20. The maximum atomic E-state index is 12.0. The van der Waals surface area contributed by atoms with Crippen molar-refractivity contribution in [2.45, 2.75) is 6.92 Å². The van der Waals surface area contributed by atoms with Crippen LogP contribution in [0.1, 0.15) is 17.3 Å². The van der Waals surface area contributed by atoms with Gasteiger partial charge in [0.25, 0.3) is 11.6 Å². The van der Waals surface area contributed by atoms with Gasteiger partial charge in [0.05, 0.1) is 17.1 Å². The molecule has 1 aromatic rings. The van der Waals surface area contributed by atoms with Gasteiger partial charge in [0.1, 0.15) is 12.0 Å². The van der Waals surface area contributed by atoms with Gasteiger partial charge in [0.2, 0.25) is 0 Å². The molecule has 0 aliphatic rings. The Balaban J connectivity index is 3.10. The second-order valence-corrected chi connectivity index (χ2v) is 3.49. The molecule has 0 saturated heterocycles. The Morgan fingerprint density at radius 3 is 2.83 bits per heavy atom. The van der Waals surface area contributed by atoms with Crippen LogP contribution in [0, 0.1) is 10.1 Å². The summed E-state index contributed by atoms with van der Waals surface area (Å²) in [6, 6.07) is 1.09. The first kappa shape index (κ1) is 13.8. The Labute approximate surface area is 103 Å². The lowest BCUT2D eigenvalue weighted by Crippen LogP contribution is -2.34. The Hall–Kier alpha value is -2.22. The number of carbonyl (C=O) groups is 1. The summed E-state index contributed by atoms with van der Waals surface area (Å²) in [5.74, 6) is -0.553. The number of amides is 1. The molecule has 8 heteroatoms. The van der Waals surface area contributed by atoms with E-state index >= 15 is 0 Å². The van der Waals surface area contributed by atoms with Crippen molar-refractivity contribution in [3.05, 3.63) is 27.9 Å². The second-order valence-electron chi connectivity index (χ2n) is 3.49. The molecule has 1 amide bonds. The fraction of sp³-hybridized carbons (Fsp3) is 0.400. The molecular weight excluding hydrogens is 240 g/mol. The zero-order valence-corrected chi connectivity index (χ0v) is 9.87. The number of pyridine rings is 1. The average molecular weight is 254 g/mol. The first-order chi connectivity index (χ1) is 8.51. The summed E-state index contributed by atoms with van der Waals surface area (Å²) >= 11 is 0. The third-order valence-corrected chi connectivity index (χ3v) is 2.38. The van der Waals surface area contributed by atoms with Crippen molar-refractivity contribution < 1.29 is 14.8 Å². The third kappa shape index (κ3) is 2.92. The van der Waals surface area contributed by atoms with E-state index in [0.717, 1.165) is 12.3 Å². The molecule has 0 fully saturated rings. The number of nitrogen functional groups attached to an aromatic ring is 1. The van der Waals surface area contributed by atoms with Gasteiger partial charge in [-0.1, -0.05) is 0 Å². The molecule has 8 nitrogen and oxygen atoms in total. The zero-order valence-electron chi connectivity index (χ0n) is 9.87. The Morgan fingerprint density at radius 2 is 2.33 bits per heavy atom. The average Bonchev–Trinajstić information content (AvgIpc) is 2.35. The van der Waals surface area contributed by atoms with Crippen LogP contribution in [0.2, 0.25) is 0 Å². The van der Waals surface area contributed by atoms with Gasteiger partial charge in [-0.2, -0.15) is 0 Å². The van der Waals surface area contributed by atoms with Crippen molar-refractivity contribution >= 4 is 17.4 Å². The van der Waals surface area contributed by atoms with Crippen LogP contribution >= 0.6 is 0 Å². The third-order valence-electron chi connectivity index (χ3n) is 2.38. The van der Waals surface area contributed by atoms with E-state index in [9.17, 15) is 14.9 Å². The van der Waals surface area contributed by atoms with Gasteiger partial charge in [-0.3, -0.25) is 14.9 Å². The van der Waals surface area contributed by atoms with E-state index in [4.69, 9.17) is 10.8 Å². The van der Waals surface area contributed by atoms with Gasteiger partial charge in [-0.05, 0) is 6.92 Å². The fourth-order valence-corrected chi connectivity index (χ4v) is 1.43. The maximum Gasteiger partial charge on any atom is 0.288 e. The number of anilines is 1. The molecule has 0 aliphatic heterocycles. The van der Waals surface area contributed by atoms with Gasteiger partial charge < -0.3 is 15.7 Å². The van der Waals surface area contributed by atoms with Crippen molar-refractivity contribution in [1.82, 2.24) is 9.88 Å². The van der Waals surface area contributed by atoms with Crippen LogP contribution in [0.25, 0.3) is 0 Å². The minimum Gasteiger partial charge on any atom is -0.395 e. The number of rotatable bonds is 5. The van der Waals surface area contributed by atoms with E-state index in [1.807, 2.05) is 0 Å². The van der Waals surface area contributed by atoms with Crippen LogP contribution in [0.3, 0.4) is 0 Å². The van der Waals surface area contributed by atoms with E-state index in [1.54, 1.807) is 6.92 Å². The van der Waals surface area contributed by atoms with E-state index in [2.05, 4.69) is 4.98 Å². The lowest BCUT2D eigenvalue weighted by molar-refractivity contribution is -0.385. The highest BCUT2D eigenvalue weighted by molar-refractivity contribution is 5.98. The van der Waals surface area contributed by atoms with Crippen LogP contribution in [-0.4, -0.2) is 45.5 Å². The number of hydrogen-bond acceptors (Lipinski definition) is 6. The lowest BCUT2D eigenvalue weighted by atomic mass is 10.2. The standard InChI is InChI=1S/C10H14N4O4/c1-2-13(3-4-15)10(16)8-5-7(14(17)18)6-12-9(8)11/h5-6,15H,2-4H2,1H3,(H2,11,12). The van der Waals surface area contributed by atoms with Gasteiger partial charge in [-0.25, -0.2) is 4.98 Å². The van der Waals surface area contributed by atoms with Crippen LogP contribution in [-0.2, 0) is 0 Å². The summed E-state index contributed by atoms with van der Waals surface area (Å²) in [5.41, 5.74) is 5.21. The highest BCUT2D eigenvalue weighted by atomic mass is 16.6. The normalized spacial score (nSPS) is 10.1. The van der Waals surface area contributed by atoms with Gasteiger partial charge in [0.15, 0.2) is 0 Å². The smallest absolute Gasteiger partial charge is 0.288 e. The summed E-state index contributed by atoms with van der Waals surface area (Å²) in [4.78, 5) is 27.0. The predicted octanol–water partition coefficient (Wildman–Crippen LogP) is 0.0264. The van der Waals surface area contributed by atoms with E-state index in [-0.39, 0.29) is 30.2 Å². The van der Waals surface area contributed by atoms with Gasteiger partial charge in [-0.15, -0.1) is 0 Å². The first-order valence-electron chi connectivity index (χ1n) is 5.31. The van der Waals surface area contributed by atoms with Crippen LogP contribution in [0.15, 0.2) is 12.3 Å². The van der Waals surface area contributed by atoms with Crippen molar-refractivity contribution in [3.8, 4) is 0 Å². The molecule has 18 heavy (non-hydrogen) atoms. The molecule has 0 saturated carbocycles. The number of aromatic nitrogens is 1. The number of aliphatic hydroxyl groups excluding tert-OH is 1. The van der Waals surface area contributed by atoms with Crippen molar-refractivity contribution in [3.63, 3.8) is 0 Å². The number of aliphatic hydroxyl groups is 1. The zero-order chi connectivity index (χ0) is 13.7. The molecule has 0 unspecified atom stereocenters. The van der Waals surface area contributed by atoms with E-state index in [1.165, 1.54) is 4.90 Å². The molecule has 0 bridgehead atoms. The Morgan fingerprint density at radius 1 is 1.67 bits per heavy atom. The van der Waals surface area contributed by atoms with Gasteiger partial charge >= 0.3 is 0 Å². The van der Waals surface area contributed by atoms with Crippen LogP contribution in [0.5, 0.6) is 0 Å².